The van der Waals surface area contributed by atoms with E-state index < -0.39 is 0 Å². The van der Waals surface area contributed by atoms with Crippen LogP contribution in [0.15, 0.2) is 12.1 Å². The maximum absolute atomic E-state index is 5.92. The zero-order chi connectivity index (χ0) is 13.8. The maximum Gasteiger partial charge on any atom is 0.239 e. The van der Waals surface area contributed by atoms with Gasteiger partial charge in [-0.05, 0) is 61.2 Å². The summed E-state index contributed by atoms with van der Waals surface area (Å²) in [6.07, 6.45) is 5.16. The van der Waals surface area contributed by atoms with E-state index in [0.717, 1.165) is 24.9 Å². The summed E-state index contributed by atoms with van der Waals surface area (Å²) in [7, 11) is 0. The van der Waals surface area contributed by atoms with Gasteiger partial charge in [0.05, 0.1) is 12.3 Å². The van der Waals surface area contributed by atoms with Gasteiger partial charge in [0, 0.05) is 6.54 Å². The van der Waals surface area contributed by atoms with Crippen LogP contribution in [0.5, 0.6) is 5.88 Å². The largest absolute Gasteiger partial charge is 0.476 e. The summed E-state index contributed by atoms with van der Waals surface area (Å²) >= 11 is 2.06. The van der Waals surface area contributed by atoms with E-state index in [9.17, 15) is 0 Å². The van der Waals surface area contributed by atoms with Crippen molar-refractivity contribution in [3.05, 3.63) is 12.1 Å². The number of anilines is 2. The smallest absolute Gasteiger partial charge is 0.239 e. The molecule has 0 radical (unpaired) electrons. The van der Waals surface area contributed by atoms with Gasteiger partial charge in [-0.15, -0.1) is 0 Å². The monoisotopic (exact) mass is 293 g/mol. The molecule has 1 aromatic rings. The Morgan fingerprint density at radius 2 is 2.00 bits per heavy atom. The molecule has 0 spiro atoms. The molecule has 2 fully saturated rings. The predicted octanol–water partition coefficient (Wildman–Crippen LogP) is 3.01. The van der Waals surface area contributed by atoms with E-state index in [1.807, 2.05) is 12.1 Å². The average molecular weight is 293 g/mol. The van der Waals surface area contributed by atoms with Crippen molar-refractivity contribution in [1.29, 1.82) is 0 Å². The molecule has 3 rings (SSSR count). The van der Waals surface area contributed by atoms with Crippen LogP contribution in [0.3, 0.4) is 0 Å². The standard InChI is InChI=1S/C15H23N3OS/c16-13-3-4-14(17-9-11-5-7-20-8-6-11)18-15(13)19-10-12-1-2-12/h3-4,11-12H,1-2,5-10,16H2,(H,17,18). The second-order valence-electron chi connectivity index (χ2n) is 5.78. The molecule has 1 aromatic heterocycles. The zero-order valence-corrected chi connectivity index (χ0v) is 12.6. The molecule has 110 valence electrons. The number of aromatic nitrogens is 1. The minimum Gasteiger partial charge on any atom is -0.476 e. The molecule has 4 nitrogen and oxygen atoms in total. The van der Waals surface area contributed by atoms with Crippen molar-refractivity contribution in [2.75, 3.05) is 35.7 Å². The molecule has 0 atom stereocenters. The van der Waals surface area contributed by atoms with Crippen LogP contribution in [-0.4, -0.2) is 29.6 Å². The molecular weight excluding hydrogens is 270 g/mol. The number of rotatable bonds is 6. The maximum atomic E-state index is 5.92. The van der Waals surface area contributed by atoms with Gasteiger partial charge in [-0.25, -0.2) is 0 Å². The fourth-order valence-electron chi connectivity index (χ4n) is 2.35. The summed E-state index contributed by atoms with van der Waals surface area (Å²) in [6.45, 7) is 1.75. The first-order valence-corrected chi connectivity index (χ1v) is 8.67. The first-order valence-electron chi connectivity index (χ1n) is 7.52. The lowest BCUT2D eigenvalue weighted by atomic mass is 10.0. The molecule has 2 heterocycles. The van der Waals surface area contributed by atoms with Crippen molar-refractivity contribution in [2.45, 2.75) is 25.7 Å². The normalized spacial score (nSPS) is 19.8. The van der Waals surface area contributed by atoms with Crippen LogP contribution < -0.4 is 15.8 Å². The molecule has 1 aliphatic carbocycles. The first kappa shape index (κ1) is 13.9. The molecule has 1 saturated heterocycles. The molecule has 20 heavy (non-hydrogen) atoms. The Morgan fingerprint density at radius 1 is 1.20 bits per heavy atom. The molecule has 2 aliphatic rings. The Labute approximate surface area is 124 Å². The average Bonchev–Trinajstić information content (AvgIpc) is 3.30. The molecule has 3 N–H and O–H groups in total. The van der Waals surface area contributed by atoms with Crippen LogP contribution in [0, 0.1) is 11.8 Å². The van der Waals surface area contributed by atoms with Crippen LogP contribution in [0.4, 0.5) is 11.5 Å². The van der Waals surface area contributed by atoms with Gasteiger partial charge < -0.3 is 15.8 Å². The summed E-state index contributed by atoms with van der Waals surface area (Å²) in [5.41, 5.74) is 6.55. The molecule has 1 aliphatic heterocycles. The van der Waals surface area contributed by atoms with E-state index in [1.165, 1.54) is 37.2 Å². The van der Waals surface area contributed by atoms with E-state index in [0.29, 0.717) is 17.5 Å². The first-order chi connectivity index (χ1) is 9.81. The number of nitrogens with one attached hydrogen (secondary N) is 1. The Balaban J connectivity index is 1.53. The van der Waals surface area contributed by atoms with Crippen molar-refractivity contribution in [1.82, 2.24) is 4.98 Å². The van der Waals surface area contributed by atoms with E-state index >= 15 is 0 Å². The van der Waals surface area contributed by atoms with Crippen LogP contribution in [0.25, 0.3) is 0 Å². The highest BCUT2D eigenvalue weighted by molar-refractivity contribution is 7.99. The number of nitrogen functional groups attached to an aromatic ring is 1. The molecule has 0 aromatic carbocycles. The second-order valence-corrected chi connectivity index (χ2v) is 7.01. The van der Waals surface area contributed by atoms with Crippen molar-refractivity contribution in [3.63, 3.8) is 0 Å². The van der Waals surface area contributed by atoms with Crippen molar-refractivity contribution < 1.29 is 4.74 Å². The highest BCUT2D eigenvalue weighted by Gasteiger charge is 2.22. The Kier molecular flexibility index (Phi) is 4.55. The minimum absolute atomic E-state index is 0.584. The van der Waals surface area contributed by atoms with Crippen molar-refractivity contribution >= 4 is 23.3 Å². The SMILES string of the molecule is Nc1ccc(NCC2CCSCC2)nc1OCC1CC1. The lowest BCUT2D eigenvalue weighted by Gasteiger charge is -2.22. The lowest BCUT2D eigenvalue weighted by molar-refractivity contribution is 0.290. The highest BCUT2D eigenvalue weighted by Crippen LogP contribution is 2.31. The van der Waals surface area contributed by atoms with Gasteiger partial charge in [-0.2, -0.15) is 16.7 Å². The Morgan fingerprint density at radius 3 is 2.75 bits per heavy atom. The van der Waals surface area contributed by atoms with E-state index in [4.69, 9.17) is 10.5 Å². The topological polar surface area (TPSA) is 60.2 Å². The quantitative estimate of drug-likeness (QED) is 0.844. The molecule has 5 heteroatoms. The fourth-order valence-corrected chi connectivity index (χ4v) is 3.55. The lowest BCUT2D eigenvalue weighted by Crippen LogP contribution is -2.19. The summed E-state index contributed by atoms with van der Waals surface area (Å²) in [5.74, 6) is 5.53. The van der Waals surface area contributed by atoms with Gasteiger partial charge in [0.15, 0.2) is 0 Å². The summed E-state index contributed by atoms with van der Waals surface area (Å²) in [4.78, 5) is 4.49. The van der Waals surface area contributed by atoms with E-state index in [-0.39, 0.29) is 0 Å². The van der Waals surface area contributed by atoms with Gasteiger partial charge in [-0.3, -0.25) is 0 Å². The van der Waals surface area contributed by atoms with E-state index in [1.54, 1.807) is 0 Å². The van der Waals surface area contributed by atoms with Gasteiger partial charge in [-0.1, -0.05) is 0 Å². The van der Waals surface area contributed by atoms with Crippen LogP contribution in [-0.2, 0) is 0 Å². The predicted molar refractivity (Wildman–Crippen MR) is 85.4 cm³/mol. The third-order valence-electron chi connectivity index (χ3n) is 3.96. The summed E-state index contributed by atoms with van der Waals surface area (Å²) in [5, 5.41) is 3.43. The molecule has 0 bridgehead atoms. The number of nitrogens with zero attached hydrogens (tertiary/aromatic N) is 1. The minimum atomic E-state index is 0.584. The van der Waals surface area contributed by atoms with Crippen molar-refractivity contribution in [2.24, 2.45) is 11.8 Å². The third kappa shape index (κ3) is 3.95. The highest BCUT2D eigenvalue weighted by atomic mass is 32.2. The third-order valence-corrected chi connectivity index (χ3v) is 5.00. The number of pyridine rings is 1. The number of nitrogens with two attached hydrogens (primary N) is 1. The Bertz CT molecular complexity index is 445. The van der Waals surface area contributed by atoms with Crippen LogP contribution in [0.1, 0.15) is 25.7 Å². The summed E-state index contributed by atoms with van der Waals surface area (Å²) in [6, 6.07) is 3.82. The van der Waals surface area contributed by atoms with Gasteiger partial charge in [0.1, 0.15) is 5.82 Å². The van der Waals surface area contributed by atoms with Crippen LogP contribution >= 0.6 is 11.8 Å². The van der Waals surface area contributed by atoms with Crippen molar-refractivity contribution in [3.8, 4) is 5.88 Å². The molecule has 1 saturated carbocycles. The molecular formula is C15H23N3OS. The fraction of sp³-hybridized carbons (Fsp3) is 0.667. The van der Waals surface area contributed by atoms with Gasteiger partial charge >= 0.3 is 0 Å². The second kappa shape index (κ2) is 6.57. The van der Waals surface area contributed by atoms with E-state index in [2.05, 4.69) is 22.1 Å². The zero-order valence-electron chi connectivity index (χ0n) is 11.8. The summed E-state index contributed by atoms with van der Waals surface area (Å²) < 4.78 is 5.71. The number of ether oxygens (including phenoxy) is 1. The van der Waals surface area contributed by atoms with Crippen LogP contribution in [0.2, 0.25) is 0 Å². The molecule has 0 amide bonds. The number of hydrogen-bond donors (Lipinski definition) is 2. The Hall–Kier alpha value is -1.10. The number of hydrogen-bond acceptors (Lipinski definition) is 5. The van der Waals surface area contributed by atoms with Gasteiger partial charge in [0.2, 0.25) is 5.88 Å². The van der Waals surface area contributed by atoms with Gasteiger partial charge in [0.25, 0.3) is 0 Å². The molecule has 0 unspecified atom stereocenters. The number of thioether (sulfide) groups is 1.